The molecule has 4 rings (SSSR count). The van der Waals surface area contributed by atoms with Gasteiger partial charge in [0.1, 0.15) is 11.5 Å². The number of nitrogens with one attached hydrogen (secondary N) is 1. The first-order valence-corrected chi connectivity index (χ1v) is 11.0. The summed E-state index contributed by atoms with van der Waals surface area (Å²) in [4.78, 5) is 12.5. The molecule has 1 amide bonds. The molecule has 0 radical (unpaired) electrons. The number of halogens is 3. The van der Waals surface area contributed by atoms with Crippen molar-refractivity contribution in [1.82, 2.24) is 14.8 Å². The molecule has 2 aromatic heterocycles. The Morgan fingerprint density at radius 3 is 2.67 bits per heavy atom. The predicted octanol–water partition coefficient (Wildman–Crippen LogP) is 5.82. The molecule has 7 nitrogen and oxygen atoms in total. The number of benzene rings is 2. The molecule has 0 aliphatic rings. The van der Waals surface area contributed by atoms with E-state index in [4.69, 9.17) is 16.0 Å². The summed E-state index contributed by atoms with van der Waals surface area (Å²) in [6, 6.07) is 15.4. The van der Waals surface area contributed by atoms with Gasteiger partial charge in [-0.1, -0.05) is 41.6 Å². The number of anilines is 1. The Hall–Kier alpha value is -3.37. The van der Waals surface area contributed by atoms with Gasteiger partial charge < -0.3 is 14.5 Å². The molecule has 170 valence electrons. The highest BCUT2D eigenvalue weighted by atomic mass is 35.5. The minimum absolute atomic E-state index is 0.0300. The SMILES string of the molecule is Cc1occc1-c1nnc(SCC(=O)Nc2ccc(OC(F)F)c(Cl)c2)n1-c1ccccc1. The maximum absolute atomic E-state index is 12.5. The summed E-state index contributed by atoms with van der Waals surface area (Å²) in [6.45, 7) is -1.15. The minimum Gasteiger partial charge on any atom is -0.469 e. The Morgan fingerprint density at radius 1 is 1.21 bits per heavy atom. The number of carbonyl (C=O) groups is 1. The van der Waals surface area contributed by atoms with Crippen molar-refractivity contribution in [3.05, 3.63) is 71.6 Å². The number of furan rings is 1. The monoisotopic (exact) mass is 490 g/mol. The lowest BCUT2D eigenvalue weighted by molar-refractivity contribution is -0.113. The second kappa shape index (κ2) is 10.1. The Kier molecular flexibility index (Phi) is 6.95. The number of amides is 1. The van der Waals surface area contributed by atoms with Crippen LogP contribution in [0.25, 0.3) is 17.1 Å². The molecule has 0 saturated carbocycles. The average molecular weight is 491 g/mol. The third-order valence-electron chi connectivity index (χ3n) is 4.51. The van der Waals surface area contributed by atoms with E-state index in [1.807, 2.05) is 47.9 Å². The Morgan fingerprint density at radius 2 is 2.00 bits per heavy atom. The average Bonchev–Trinajstić information content (AvgIpc) is 3.40. The standard InChI is InChI=1S/C22H17ClF2N4O3S/c1-13-16(9-10-31-13)20-27-28-22(29(20)15-5-3-2-4-6-15)33-12-19(30)26-14-7-8-18(17(23)11-14)32-21(24)25/h2-11,21H,12H2,1H3,(H,26,30). The summed E-state index contributed by atoms with van der Waals surface area (Å²) in [6.07, 6.45) is 1.58. The van der Waals surface area contributed by atoms with Crippen LogP contribution in [0, 0.1) is 6.92 Å². The Labute approximate surface area is 196 Å². The fourth-order valence-corrected chi connectivity index (χ4v) is 4.04. The van der Waals surface area contributed by atoms with E-state index in [0.29, 0.717) is 22.4 Å². The van der Waals surface area contributed by atoms with Crippen molar-refractivity contribution < 1.29 is 22.7 Å². The first kappa shape index (κ1) is 22.8. The third kappa shape index (κ3) is 5.35. The molecule has 0 aliphatic carbocycles. The predicted molar refractivity (Wildman–Crippen MR) is 121 cm³/mol. The van der Waals surface area contributed by atoms with Crippen molar-refractivity contribution in [1.29, 1.82) is 0 Å². The molecule has 0 unspecified atom stereocenters. The van der Waals surface area contributed by atoms with E-state index in [-0.39, 0.29) is 22.4 Å². The van der Waals surface area contributed by atoms with Gasteiger partial charge in [0.05, 0.1) is 22.6 Å². The van der Waals surface area contributed by atoms with Gasteiger partial charge in [-0.25, -0.2) is 0 Å². The fourth-order valence-electron chi connectivity index (χ4n) is 3.06. The molecule has 11 heteroatoms. The van der Waals surface area contributed by atoms with Crippen LogP contribution in [-0.2, 0) is 4.79 Å². The maximum atomic E-state index is 12.5. The zero-order chi connectivity index (χ0) is 23.4. The number of aryl methyl sites for hydroxylation is 1. The molecule has 2 aromatic carbocycles. The second-order valence-corrected chi connectivity index (χ2v) is 8.08. The number of hydrogen-bond donors (Lipinski definition) is 1. The smallest absolute Gasteiger partial charge is 0.387 e. The number of rotatable bonds is 8. The van der Waals surface area contributed by atoms with Crippen LogP contribution in [0.1, 0.15) is 5.76 Å². The van der Waals surface area contributed by atoms with Gasteiger partial charge in [-0.2, -0.15) is 8.78 Å². The molecule has 0 spiro atoms. The van der Waals surface area contributed by atoms with Gasteiger partial charge in [0, 0.05) is 11.4 Å². The van der Waals surface area contributed by atoms with Crippen molar-refractivity contribution in [3.63, 3.8) is 0 Å². The van der Waals surface area contributed by atoms with E-state index in [1.54, 1.807) is 6.26 Å². The van der Waals surface area contributed by atoms with Crippen LogP contribution >= 0.6 is 23.4 Å². The summed E-state index contributed by atoms with van der Waals surface area (Å²) in [5.74, 6) is 0.823. The molecule has 33 heavy (non-hydrogen) atoms. The number of para-hydroxylation sites is 1. The van der Waals surface area contributed by atoms with Gasteiger partial charge in [-0.15, -0.1) is 10.2 Å². The molecule has 0 saturated heterocycles. The van der Waals surface area contributed by atoms with Crippen LogP contribution in [0.4, 0.5) is 14.5 Å². The normalized spacial score (nSPS) is 11.1. The van der Waals surface area contributed by atoms with E-state index < -0.39 is 6.61 Å². The minimum atomic E-state index is -2.99. The van der Waals surface area contributed by atoms with Gasteiger partial charge in [0.15, 0.2) is 11.0 Å². The molecule has 0 fully saturated rings. The van der Waals surface area contributed by atoms with E-state index in [2.05, 4.69) is 20.3 Å². The van der Waals surface area contributed by atoms with Crippen LogP contribution in [0.2, 0.25) is 5.02 Å². The van der Waals surface area contributed by atoms with Gasteiger partial charge >= 0.3 is 6.61 Å². The Bertz CT molecular complexity index is 1260. The van der Waals surface area contributed by atoms with E-state index in [9.17, 15) is 13.6 Å². The van der Waals surface area contributed by atoms with Gasteiger partial charge in [0.25, 0.3) is 0 Å². The third-order valence-corrected chi connectivity index (χ3v) is 5.74. The highest BCUT2D eigenvalue weighted by Crippen LogP contribution is 2.31. The molecule has 2 heterocycles. The number of carbonyl (C=O) groups excluding carboxylic acids is 1. The lowest BCUT2D eigenvalue weighted by Crippen LogP contribution is -2.14. The van der Waals surface area contributed by atoms with Crippen LogP contribution in [0.5, 0.6) is 5.75 Å². The van der Waals surface area contributed by atoms with Gasteiger partial charge in [0.2, 0.25) is 5.91 Å². The van der Waals surface area contributed by atoms with E-state index >= 15 is 0 Å². The van der Waals surface area contributed by atoms with E-state index in [0.717, 1.165) is 11.3 Å². The molecule has 4 aromatic rings. The van der Waals surface area contributed by atoms with Gasteiger partial charge in [-0.05, 0) is 43.3 Å². The topological polar surface area (TPSA) is 82.2 Å². The second-order valence-electron chi connectivity index (χ2n) is 6.73. The number of hydrogen-bond acceptors (Lipinski definition) is 6. The maximum Gasteiger partial charge on any atom is 0.387 e. The Balaban J connectivity index is 1.51. The van der Waals surface area contributed by atoms with Crippen molar-refractivity contribution in [2.75, 3.05) is 11.1 Å². The number of alkyl halides is 2. The van der Waals surface area contributed by atoms with Crippen LogP contribution in [0.15, 0.2) is 70.4 Å². The van der Waals surface area contributed by atoms with Crippen molar-refractivity contribution >= 4 is 35.0 Å². The number of ether oxygens (including phenoxy) is 1. The number of nitrogens with zero attached hydrogens (tertiary/aromatic N) is 3. The molecular weight excluding hydrogens is 474 g/mol. The first-order chi connectivity index (χ1) is 15.9. The van der Waals surface area contributed by atoms with Crippen molar-refractivity contribution in [2.45, 2.75) is 18.7 Å². The van der Waals surface area contributed by atoms with Crippen LogP contribution in [-0.4, -0.2) is 33.0 Å². The quantitative estimate of drug-likeness (QED) is 0.313. The zero-order valence-corrected chi connectivity index (χ0v) is 18.7. The van der Waals surface area contributed by atoms with Crippen molar-refractivity contribution in [3.8, 4) is 22.8 Å². The first-order valence-electron chi connectivity index (χ1n) is 9.64. The number of thioether (sulfide) groups is 1. The summed E-state index contributed by atoms with van der Waals surface area (Å²) >= 11 is 7.14. The fraction of sp³-hybridized carbons (Fsp3) is 0.136. The highest BCUT2D eigenvalue weighted by Gasteiger charge is 2.20. The summed E-state index contributed by atoms with van der Waals surface area (Å²) in [7, 11) is 0. The lowest BCUT2D eigenvalue weighted by atomic mass is 10.2. The molecule has 0 atom stereocenters. The van der Waals surface area contributed by atoms with E-state index in [1.165, 1.54) is 30.0 Å². The highest BCUT2D eigenvalue weighted by molar-refractivity contribution is 7.99. The molecule has 0 aliphatic heterocycles. The summed E-state index contributed by atoms with van der Waals surface area (Å²) in [5.41, 5.74) is 1.98. The molecule has 1 N–H and O–H groups in total. The van der Waals surface area contributed by atoms with Crippen molar-refractivity contribution in [2.24, 2.45) is 0 Å². The number of aromatic nitrogens is 3. The van der Waals surface area contributed by atoms with Crippen LogP contribution < -0.4 is 10.1 Å². The van der Waals surface area contributed by atoms with Crippen LogP contribution in [0.3, 0.4) is 0 Å². The molecular formula is C22H17ClF2N4O3S. The lowest BCUT2D eigenvalue weighted by Gasteiger charge is -2.11. The molecule has 0 bridgehead atoms. The summed E-state index contributed by atoms with van der Waals surface area (Å²) < 4.78 is 36.3. The largest absolute Gasteiger partial charge is 0.469 e. The van der Waals surface area contributed by atoms with Gasteiger partial charge in [-0.3, -0.25) is 9.36 Å². The summed E-state index contributed by atoms with van der Waals surface area (Å²) in [5, 5.41) is 11.7. The zero-order valence-electron chi connectivity index (χ0n) is 17.2.